The van der Waals surface area contributed by atoms with Crippen molar-refractivity contribution in [2.45, 2.75) is 12.6 Å². The van der Waals surface area contributed by atoms with Gasteiger partial charge in [0, 0.05) is 34.8 Å². The van der Waals surface area contributed by atoms with Gasteiger partial charge < -0.3 is 9.47 Å². The number of hydrogen-bond donors (Lipinski definition) is 0. The Morgan fingerprint density at radius 2 is 1.76 bits per heavy atom. The van der Waals surface area contributed by atoms with E-state index in [0.29, 0.717) is 58.9 Å². The summed E-state index contributed by atoms with van der Waals surface area (Å²) in [6.45, 7) is 8.86. The van der Waals surface area contributed by atoms with Crippen molar-refractivity contribution in [3.63, 3.8) is 0 Å². The molecule has 176 valence electrons. The van der Waals surface area contributed by atoms with Crippen LogP contribution in [0.4, 0.5) is 5.69 Å². The van der Waals surface area contributed by atoms with Gasteiger partial charge in [-0.25, -0.2) is 16.8 Å². The Morgan fingerprint density at radius 1 is 1.09 bits per heavy atom. The monoisotopic (exact) mass is 510 g/mol. The molecule has 0 spiro atoms. The molecule has 1 atom stereocenters. The molecule has 0 saturated carbocycles. The summed E-state index contributed by atoms with van der Waals surface area (Å²) in [5.74, 6) is 0.375. The summed E-state index contributed by atoms with van der Waals surface area (Å²) in [4.78, 5) is 15.3. The van der Waals surface area contributed by atoms with Crippen LogP contribution in [-0.4, -0.2) is 60.0 Å². The molecule has 0 amide bonds. The number of carbonyl (C=O) groups excluding carboxylic acids is 1. The number of anilines is 1. The Labute approximate surface area is 196 Å². The van der Waals surface area contributed by atoms with Crippen molar-refractivity contribution in [3.8, 4) is 16.9 Å². The first-order valence-corrected chi connectivity index (χ1v) is 13.9. The van der Waals surface area contributed by atoms with Crippen LogP contribution < -0.4 is 8.45 Å². The van der Waals surface area contributed by atoms with Crippen LogP contribution in [0.5, 0.6) is 5.75 Å². The number of thiophene rings is 1. The zero-order chi connectivity index (χ0) is 23.8. The molecule has 9 nitrogen and oxygen atoms in total. The van der Waals surface area contributed by atoms with Gasteiger partial charge in [0.05, 0.1) is 25.3 Å². The third kappa shape index (κ3) is 4.49. The Bertz CT molecular complexity index is 1270. The summed E-state index contributed by atoms with van der Waals surface area (Å²) in [7, 11) is -8.76. The summed E-state index contributed by atoms with van der Waals surface area (Å²) in [5, 5.41) is 2.86. The van der Waals surface area contributed by atoms with Gasteiger partial charge in [0.2, 0.25) is 0 Å². The summed E-state index contributed by atoms with van der Waals surface area (Å²) in [5.41, 5.74) is 0.971. The summed E-state index contributed by atoms with van der Waals surface area (Å²) in [6.07, 6.45) is -0.195. The van der Waals surface area contributed by atoms with E-state index in [1.54, 1.807) is 11.4 Å². The Balaban J connectivity index is 1.76. The first kappa shape index (κ1) is 23.6. The van der Waals surface area contributed by atoms with E-state index in [1.165, 1.54) is 29.5 Å². The topological polar surface area (TPSA) is 110 Å². The van der Waals surface area contributed by atoms with Crippen LogP contribution in [0, 0.1) is 0 Å². The van der Waals surface area contributed by atoms with Crippen LogP contribution in [0.15, 0.2) is 53.6 Å². The number of Topliss-reactive ketones (excluding diaryl/α,β-unsaturated/α-hetero) is 1. The fraction of sp³-hybridized carbons (Fsp3) is 0.286. The lowest BCUT2D eigenvalue weighted by Gasteiger charge is -2.36. The van der Waals surface area contributed by atoms with Crippen LogP contribution in [-0.2, 0) is 24.8 Å². The normalized spacial score (nSPS) is 19.4. The minimum atomic E-state index is -4.38. The highest BCUT2D eigenvalue weighted by atomic mass is 32.3. The SMILES string of the molecule is C=CS(=O)(=O)N(c1cccc(-c2csc3c2OC(N2CCOCC2)CC3=O)c1)S(=O)(=O)C=C. The Morgan fingerprint density at radius 3 is 2.39 bits per heavy atom. The van der Waals surface area contributed by atoms with E-state index in [4.69, 9.17) is 9.47 Å². The van der Waals surface area contributed by atoms with Crippen molar-refractivity contribution in [3.05, 3.63) is 58.5 Å². The van der Waals surface area contributed by atoms with Crippen LogP contribution in [0.2, 0.25) is 0 Å². The first-order valence-electron chi connectivity index (χ1n) is 9.97. The summed E-state index contributed by atoms with van der Waals surface area (Å²) >= 11 is 1.24. The highest BCUT2D eigenvalue weighted by Crippen LogP contribution is 2.44. The molecule has 2 aliphatic rings. The van der Waals surface area contributed by atoms with E-state index in [-0.39, 0.29) is 21.6 Å². The van der Waals surface area contributed by atoms with Gasteiger partial charge in [-0.1, -0.05) is 25.3 Å². The Kier molecular flexibility index (Phi) is 6.47. The molecule has 1 aromatic heterocycles. The molecule has 1 saturated heterocycles. The van der Waals surface area contributed by atoms with Crippen molar-refractivity contribution >= 4 is 42.9 Å². The van der Waals surface area contributed by atoms with Crippen molar-refractivity contribution in [2.24, 2.45) is 0 Å². The third-order valence-electron chi connectivity index (χ3n) is 5.32. The first-order chi connectivity index (χ1) is 15.7. The second kappa shape index (κ2) is 9.03. The highest BCUT2D eigenvalue weighted by Gasteiger charge is 2.35. The molecule has 0 aliphatic carbocycles. The van der Waals surface area contributed by atoms with E-state index in [9.17, 15) is 21.6 Å². The van der Waals surface area contributed by atoms with E-state index in [2.05, 4.69) is 18.1 Å². The van der Waals surface area contributed by atoms with Crippen molar-refractivity contribution in [1.82, 2.24) is 4.90 Å². The van der Waals surface area contributed by atoms with Crippen LogP contribution in [0.1, 0.15) is 16.1 Å². The summed E-state index contributed by atoms with van der Waals surface area (Å²) < 4.78 is 61.8. The number of hydrogen-bond acceptors (Lipinski definition) is 9. The highest BCUT2D eigenvalue weighted by molar-refractivity contribution is 8.12. The molecule has 33 heavy (non-hydrogen) atoms. The molecule has 1 fully saturated rings. The molecular weight excluding hydrogens is 488 g/mol. The fourth-order valence-corrected chi connectivity index (χ4v) is 7.28. The number of nitrogens with zero attached hydrogens (tertiary/aromatic N) is 2. The van der Waals surface area contributed by atoms with Gasteiger partial charge in [0.25, 0.3) is 20.0 Å². The summed E-state index contributed by atoms with van der Waals surface area (Å²) in [6, 6.07) is 5.99. The third-order valence-corrected chi connectivity index (χ3v) is 9.75. The van der Waals surface area contributed by atoms with E-state index < -0.39 is 26.3 Å². The van der Waals surface area contributed by atoms with Crippen LogP contribution in [0.3, 0.4) is 0 Å². The molecule has 0 bridgehead atoms. The fourth-order valence-electron chi connectivity index (χ4n) is 3.71. The predicted molar refractivity (Wildman–Crippen MR) is 126 cm³/mol. The largest absolute Gasteiger partial charge is 0.472 e. The lowest BCUT2D eigenvalue weighted by molar-refractivity contribution is -0.0483. The number of ether oxygens (including phenoxy) is 2. The van der Waals surface area contributed by atoms with Gasteiger partial charge in [0.15, 0.2) is 17.8 Å². The van der Waals surface area contributed by atoms with Crippen molar-refractivity contribution < 1.29 is 31.1 Å². The van der Waals surface area contributed by atoms with Gasteiger partial charge >= 0.3 is 0 Å². The second-order valence-corrected chi connectivity index (χ2v) is 11.9. The number of benzene rings is 1. The molecule has 3 heterocycles. The average Bonchev–Trinajstić information content (AvgIpc) is 3.24. The molecule has 0 N–H and O–H groups in total. The van der Waals surface area contributed by atoms with Gasteiger partial charge in [0.1, 0.15) is 4.88 Å². The number of sulfonamides is 2. The maximum atomic E-state index is 12.8. The molecule has 2 aromatic rings. The minimum Gasteiger partial charge on any atom is -0.472 e. The molecule has 1 unspecified atom stereocenters. The quantitative estimate of drug-likeness (QED) is 0.559. The molecule has 12 heteroatoms. The molecule has 1 aromatic carbocycles. The molecule has 4 rings (SSSR count). The average molecular weight is 511 g/mol. The number of ketones is 1. The van der Waals surface area contributed by atoms with Gasteiger partial charge in [-0.15, -0.1) is 11.3 Å². The Hall–Kier alpha value is -2.51. The number of fused-ring (bicyclic) bond motifs is 1. The smallest absolute Gasteiger partial charge is 0.270 e. The van der Waals surface area contributed by atoms with Gasteiger partial charge in [-0.3, -0.25) is 9.69 Å². The van der Waals surface area contributed by atoms with E-state index in [0.717, 1.165) is 0 Å². The van der Waals surface area contributed by atoms with Crippen molar-refractivity contribution in [1.29, 1.82) is 0 Å². The lowest BCUT2D eigenvalue weighted by Crippen LogP contribution is -2.48. The maximum Gasteiger partial charge on any atom is 0.270 e. The predicted octanol–water partition coefficient (Wildman–Crippen LogP) is 2.79. The number of carbonyl (C=O) groups is 1. The molecule has 0 radical (unpaired) electrons. The lowest BCUT2D eigenvalue weighted by atomic mass is 10.0. The zero-order valence-electron chi connectivity index (χ0n) is 17.5. The second-order valence-electron chi connectivity index (χ2n) is 7.33. The standard InChI is InChI=1S/C21H22N2O7S3/c1-3-32(25,26)23(33(27,28)4-2)16-7-5-6-15(12-16)17-14-31-21-18(24)13-19(30-20(17)21)22-8-10-29-11-9-22/h3-7,12,14,19H,1-2,8-11,13H2. The van der Waals surface area contributed by atoms with E-state index >= 15 is 0 Å². The minimum absolute atomic E-state index is 0.0368. The van der Waals surface area contributed by atoms with Gasteiger partial charge in [-0.2, -0.15) is 3.71 Å². The number of rotatable bonds is 7. The molecular formula is C21H22N2O7S3. The van der Waals surface area contributed by atoms with Crippen LogP contribution in [0.25, 0.3) is 11.1 Å². The van der Waals surface area contributed by atoms with Crippen LogP contribution >= 0.6 is 11.3 Å². The zero-order valence-corrected chi connectivity index (χ0v) is 20.0. The molecule has 2 aliphatic heterocycles. The maximum absolute atomic E-state index is 12.8. The van der Waals surface area contributed by atoms with Crippen molar-refractivity contribution in [2.75, 3.05) is 30.0 Å². The van der Waals surface area contributed by atoms with E-state index in [1.807, 2.05) is 0 Å². The number of morpholine rings is 1. The van der Waals surface area contributed by atoms with Gasteiger partial charge in [-0.05, 0) is 17.7 Å².